The smallest absolute Gasteiger partial charge is 0.325 e. The standard InChI is InChI=1S/C5H10O5.C4H4N2O2/c6-1-3(8)5(10)4(9)2-7;7-3-1-2-5-4(8)6-3/h1,3-5,7-10H,2H2;1-2H,(H2,5,6,7,8). The summed E-state index contributed by atoms with van der Waals surface area (Å²) in [6.45, 7) is -0.688. The van der Waals surface area contributed by atoms with E-state index in [4.69, 9.17) is 20.4 Å². The van der Waals surface area contributed by atoms with Crippen molar-refractivity contribution in [3.05, 3.63) is 33.1 Å². The third-order valence-electron chi connectivity index (χ3n) is 1.76. The highest BCUT2D eigenvalue weighted by Crippen LogP contribution is 1.96. The molecule has 9 nitrogen and oxygen atoms in total. The average molecular weight is 262 g/mol. The molecule has 3 unspecified atom stereocenters. The van der Waals surface area contributed by atoms with Crippen molar-refractivity contribution in [2.75, 3.05) is 6.61 Å². The summed E-state index contributed by atoms with van der Waals surface area (Å²) in [7, 11) is 0. The Kier molecular flexibility index (Phi) is 7.47. The van der Waals surface area contributed by atoms with Gasteiger partial charge in [-0.05, 0) is 0 Å². The molecule has 0 radical (unpaired) electrons. The molecular weight excluding hydrogens is 248 g/mol. The van der Waals surface area contributed by atoms with Crippen LogP contribution >= 0.6 is 0 Å². The largest absolute Gasteiger partial charge is 0.394 e. The quantitative estimate of drug-likeness (QED) is 0.304. The van der Waals surface area contributed by atoms with E-state index in [1.807, 2.05) is 4.98 Å². The van der Waals surface area contributed by atoms with Crippen molar-refractivity contribution >= 4 is 6.29 Å². The van der Waals surface area contributed by atoms with Crippen LogP contribution in [0.15, 0.2) is 21.9 Å². The fourth-order valence-electron chi connectivity index (χ4n) is 0.799. The van der Waals surface area contributed by atoms with Crippen LogP contribution in [0.2, 0.25) is 0 Å². The van der Waals surface area contributed by atoms with Gasteiger partial charge in [0.05, 0.1) is 6.61 Å². The molecule has 0 aliphatic carbocycles. The first kappa shape index (κ1) is 16.2. The van der Waals surface area contributed by atoms with Gasteiger partial charge in [-0.3, -0.25) is 9.78 Å². The zero-order valence-corrected chi connectivity index (χ0v) is 9.18. The van der Waals surface area contributed by atoms with E-state index in [9.17, 15) is 14.4 Å². The van der Waals surface area contributed by atoms with Crippen molar-refractivity contribution < 1.29 is 25.2 Å². The number of aliphatic hydroxyl groups excluding tert-OH is 4. The summed E-state index contributed by atoms with van der Waals surface area (Å²) in [5.41, 5.74) is -0.855. The molecule has 0 aliphatic heterocycles. The second-order valence-corrected chi connectivity index (χ2v) is 3.16. The number of carbonyl (C=O) groups is 1. The zero-order chi connectivity index (χ0) is 14.1. The Labute approximate surface area is 100 Å². The Morgan fingerprint density at radius 2 is 1.89 bits per heavy atom. The Morgan fingerprint density at radius 1 is 1.28 bits per heavy atom. The summed E-state index contributed by atoms with van der Waals surface area (Å²) < 4.78 is 0. The first-order chi connectivity index (χ1) is 8.42. The van der Waals surface area contributed by atoms with Gasteiger partial charge in [-0.1, -0.05) is 0 Å². The SMILES string of the molecule is O=CC(O)C(O)C(O)CO.O=c1cc[nH]c(=O)[nH]1. The van der Waals surface area contributed by atoms with E-state index in [0.29, 0.717) is 0 Å². The molecule has 0 saturated heterocycles. The number of carbonyl (C=O) groups excluding carboxylic acids is 1. The van der Waals surface area contributed by atoms with Crippen molar-refractivity contribution in [1.82, 2.24) is 9.97 Å². The Morgan fingerprint density at radius 3 is 2.22 bits per heavy atom. The average Bonchev–Trinajstić information content (AvgIpc) is 2.36. The summed E-state index contributed by atoms with van der Waals surface area (Å²) in [6, 6.07) is 1.24. The topological polar surface area (TPSA) is 164 Å². The molecule has 0 aliphatic rings. The maximum Gasteiger partial charge on any atom is 0.325 e. The van der Waals surface area contributed by atoms with Crippen molar-refractivity contribution in [3.8, 4) is 0 Å². The van der Waals surface area contributed by atoms with Crippen molar-refractivity contribution in [2.24, 2.45) is 0 Å². The summed E-state index contributed by atoms with van der Waals surface area (Å²) in [6.07, 6.45) is -3.34. The van der Waals surface area contributed by atoms with E-state index in [0.717, 1.165) is 0 Å². The monoisotopic (exact) mass is 262 g/mol. The molecule has 1 rings (SSSR count). The van der Waals surface area contributed by atoms with Crippen LogP contribution in [0.1, 0.15) is 0 Å². The van der Waals surface area contributed by atoms with Gasteiger partial charge in [0.1, 0.15) is 18.3 Å². The lowest BCUT2D eigenvalue weighted by atomic mass is 10.1. The molecule has 0 saturated carbocycles. The number of aromatic amines is 2. The Bertz CT molecular complexity index is 429. The molecule has 6 N–H and O–H groups in total. The van der Waals surface area contributed by atoms with Crippen LogP contribution in [0.25, 0.3) is 0 Å². The lowest BCUT2D eigenvalue weighted by Crippen LogP contribution is -2.40. The highest BCUT2D eigenvalue weighted by Gasteiger charge is 2.22. The number of nitrogens with one attached hydrogen (secondary N) is 2. The van der Waals surface area contributed by atoms with Gasteiger partial charge >= 0.3 is 5.69 Å². The van der Waals surface area contributed by atoms with Crippen LogP contribution in [-0.2, 0) is 4.79 Å². The van der Waals surface area contributed by atoms with E-state index in [2.05, 4.69) is 4.98 Å². The number of aliphatic hydroxyl groups is 4. The first-order valence-electron chi connectivity index (χ1n) is 4.80. The number of H-pyrrole nitrogens is 2. The van der Waals surface area contributed by atoms with E-state index in [1.54, 1.807) is 0 Å². The van der Waals surface area contributed by atoms with E-state index in [1.165, 1.54) is 12.3 Å². The number of rotatable bonds is 4. The summed E-state index contributed by atoms with van der Waals surface area (Å²) in [5, 5.41) is 34.1. The minimum atomic E-state index is -1.64. The fourth-order valence-corrected chi connectivity index (χ4v) is 0.799. The van der Waals surface area contributed by atoms with E-state index >= 15 is 0 Å². The van der Waals surface area contributed by atoms with Gasteiger partial charge in [0.15, 0.2) is 6.29 Å². The Balaban J connectivity index is 0.000000327. The molecule has 18 heavy (non-hydrogen) atoms. The first-order valence-corrected chi connectivity index (χ1v) is 4.80. The fraction of sp³-hybridized carbons (Fsp3) is 0.444. The predicted molar refractivity (Wildman–Crippen MR) is 58.9 cm³/mol. The molecule has 102 valence electrons. The van der Waals surface area contributed by atoms with Gasteiger partial charge in [0, 0.05) is 12.3 Å². The highest BCUT2D eigenvalue weighted by atomic mass is 16.4. The molecule has 0 spiro atoms. The normalized spacial score (nSPS) is 14.9. The van der Waals surface area contributed by atoms with E-state index in [-0.39, 0.29) is 11.8 Å². The van der Waals surface area contributed by atoms with Crippen molar-refractivity contribution in [1.29, 1.82) is 0 Å². The number of aromatic nitrogens is 2. The van der Waals surface area contributed by atoms with Gasteiger partial charge in [-0.25, -0.2) is 4.79 Å². The molecule has 0 aromatic carbocycles. The predicted octanol–water partition coefficient (Wildman–Crippen LogP) is -3.68. The zero-order valence-electron chi connectivity index (χ0n) is 9.18. The number of hydrogen-bond acceptors (Lipinski definition) is 7. The van der Waals surface area contributed by atoms with Crippen LogP contribution in [0.3, 0.4) is 0 Å². The lowest BCUT2D eigenvalue weighted by molar-refractivity contribution is -0.127. The van der Waals surface area contributed by atoms with Gasteiger partial charge in [0.25, 0.3) is 5.56 Å². The molecule has 9 heteroatoms. The van der Waals surface area contributed by atoms with Crippen molar-refractivity contribution in [2.45, 2.75) is 18.3 Å². The Hall–Kier alpha value is -1.81. The second-order valence-electron chi connectivity index (χ2n) is 3.16. The van der Waals surface area contributed by atoms with Crippen LogP contribution in [-0.4, -0.2) is 61.6 Å². The molecule has 0 fully saturated rings. The molecular formula is C9H14N2O7. The van der Waals surface area contributed by atoms with Crippen molar-refractivity contribution in [3.63, 3.8) is 0 Å². The summed E-state index contributed by atoms with van der Waals surface area (Å²) in [4.78, 5) is 34.4. The summed E-state index contributed by atoms with van der Waals surface area (Å²) >= 11 is 0. The van der Waals surface area contributed by atoms with Crippen LogP contribution < -0.4 is 11.2 Å². The molecule has 1 heterocycles. The minimum absolute atomic E-state index is 0.0869. The highest BCUT2D eigenvalue weighted by molar-refractivity contribution is 5.56. The molecule has 0 bridgehead atoms. The van der Waals surface area contributed by atoms with Crippen LogP contribution in [0.4, 0.5) is 0 Å². The molecule has 3 atom stereocenters. The molecule has 0 amide bonds. The maximum absolute atomic E-state index is 10.2. The lowest BCUT2D eigenvalue weighted by Gasteiger charge is -2.16. The van der Waals surface area contributed by atoms with Gasteiger partial charge in [0.2, 0.25) is 0 Å². The van der Waals surface area contributed by atoms with Gasteiger partial charge in [-0.15, -0.1) is 0 Å². The number of hydrogen-bond donors (Lipinski definition) is 6. The van der Waals surface area contributed by atoms with Crippen LogP contribution in [0, 0.1) is 0 Å². The van der Waals surface area contributed by atoms with E-state index < -0.39 is 30.6 Å². The third kappa shape index (κ3) is 6.06. The third-order valence-corrected chi connectivity index (χ3v) is 1.76. The summed E-state index contributed by atoms with van der Waals surface area (Å²) in [5.74, 6) is 0. The molecule has 1 aromatic heterocycles. The second kappa shape index (κ2) is 8.31. The van der Waals surface area contributed by atoms with Gasteiger partial charge in [-0.2, -0.15) is 0 Å². The maximum atomic E-state index is 10.2. The molecule has 1 aromatic rings. The minimum Gasteiger partial charge on any atom is -0.394 e. The van der Waals surface area contributed by atoms with Gasteiger partial charge < -0.3 is 30.2 Å². The van der Waals surface area contributed by atoms with Crippen LogP contribution in [0.5, 0.6) is 0 Å². The number of aldehydes is 1.